The number of pyridine rings is 2. The standard InChI is InChI=1S/C23H19N.C9H7N/c1-2-6-18-16(5-1)9-10-21-19-7-3-4-8-20(19)22(15-23(18)21)17-11-13-24-14-12-17;1-2-4-9-7-10-6-5-8(9)3-1/h3-4,7-15H,1-2,5-6H2;1-7H. The van der Waals surface area contributed by atoms with Crippen LogP contribution in [0.4, 0.5) is 0 Å². The molecule has 2 aromatic heterocycles. The summed E-state index contributed by atoms with van der Waals surface area (Å²) in [5, 5.41) is 7.96. The van der Waals surface area contributed by atoms with Crippen LogP contribution in [-0.2, 0) is 12.8 Å². The first-order valence-corrected chi connectivity index (χ1v) is 12.0. The fourth-order valence-electron chi connectivity index (χ4n) is 5.23. The second kappa shape index (κ2) is 9.07. The lowest BCUT2D eigenvalue weighted by atomic mass is 9.84. The summed E-state index contributed by atoms with van der Waals surface area (Å²) in [7, 11) is 0. The zero-order valence-electron chi connectivity index (χ0n) is 19.1. The first-order valence-electron chi connectivity index (χ1n) is 12.0. The Kier molecular flexibility index (Phi) is 5.48. The van der Waals surface area contributed by atoms with Gasteiger partial charge in [-0.25, -0.2) is 0 Å². The van der Waals surface area contributed by atoms with Crippen LogP contribution in [0.5, 0.6) is 0 Å². The normalized spacial score (nSPS) is 12.8. The van der Waals surface area contributed by atoms with E-state index in [0.29, 0.717) is 0 Å². The van der Waals surface area contributed by atoms with Gasteiger partial charge in [-0.2, -0.15) is 0 Å². The summed E-state index contributed by atoms with van der Waals surface area (Å²) in [6.45, 7) is 0. The summed E-state index contributed by atoms with van der Waals surface area (Å²) in [5.41, 5.74) is 5.68. The Balaban J connectivity index is 0.000000182. The van der Waals surface area contributed by atoms with Crippen molar-refractivity contribution >= 4 is 32.3 Å². The fraction of sp³-hybridized carbons (Fsp3) is 0.125. The molecule has 34 heavy (non-hydrogen) atoms. The topological polar surface area (TPSA) is 25.8 Å². The van der Waals surface area contributed by atoms with Crippen molar-refractivity contribution in [3.63, 3.8) is 0 Å². The lowest BCUT2D eigenvalue weighted by Crippen LogP contribution is -2.03. The van der Waals surface area contributed by atoms with Crippen molar-refractivity contribution in [3.8, 4) is 11.1 Å². The largest absolute Gasteiger partial charge is 0.265 e. The molecule has 7 rings (SSSR count). The molecule has 0 aliphatic heterocycles. The second-order valence-electron chi connectivity index (χ2n) is 8.93. The summed E-state index contributed by atoms with van der Waals surface area (Å²) in [6, 6.07) is 30.3. The van der Waals surface area contributed by atoms with E-state index in [9.17, 15) is 0 Å². The Morgan fingerprint density at radius 1 is 0.529 bits per heavy atom. The number of hydrogen-bond donors (Lipinski definition) is 0. The molecule has 0 N–H and O–H groups in total. The molecule has 1 aliphatic rings. The third kappa shape index (κ3) is 3.82. The molecule has 0 fully saturated rings. The summed E-state index contributed by atoms with van der Waals surface area (Å²) in [4.78, 5) is 8.20. The average molecular weight is 439 g/mol. The predicted octanol–water partition coefficient (Wildman–Crippen LogP) is 8.17. The van der Waals surface area contributed by atoms with Gasteiger partial charge >= 0.3 is 0 Å². The molecular formula is C32H26N2. The summed E-state index contributed by atoms with van der Waals surface area (Å²) >= 11 is 0. The van der Waals surface area contributed by atoms with Crippen molar-refractivity contribution in [3.05, 3.63) is 121 Å². The molecule has 0 saturated heterocycles. The molecule has 0 unspecified atom stereocenters. The summed E-state index contributed by atoms with van der Waals surface area (Å²) < 4.78 is 0. The van der Waals surface area contributed by atoms with Crippen LogP contribution >= 0.6 is 0 Å². The molecule has 4 aromatic carbocycles. The van der Waals surface area contributed by atoms with E-state index >= 15 is 0 Å². The van der Waals surface area contributed by atoms with E-state index in [1.165, 1.54) is 69.1 Å². The molecule has 0 saturated carbocycles. The van der Waals surface area contributed by atoms with E-state index in [-0.39, 0.29) is 0 Å². The van der Waals surface area contributed by atoms with Gasteiger partial charge < -0.3 is 0 Å². The Morgan fingerprint density at radius 3 is 2.09 bits per heavy atom. The van der Waals surface area contributed by atoms with Crippen LogP contribution in [0.15, 0.2) is 110 Å². The maximum Gasteiger partial charge on any atom is 0.0346 e. The Bertz CT molecular complexity index is 1540. The zero-order valence-corrected chi connectivity index (χ0v) is 19.1. The number of aryl methyl sites for hydroxylation is 2. The van der Waals surface area contributed by atoms with Gasteiger partial charge in [0.2, 0.25) is 0 Å². The molecule has 0 amide bonds. The number of fused-ring (bicyclic) bond motifs is 6. The van der Waals surface area contributed by atoms with Crippen LogP contribution in [0.2, 0.25) is 0 Å². The van der Waals surface area contributed by atoms with Gasteiger partial charge in [0.1, 0.15) is 0 Å². The predicted molar refractivity (Wildman–Crippen MR) is 143 cm³/mol. The van der Waals surface area contributed by atoms with Crippen molar-refractivity contribution in [2.24, 2.45) is 0 Å². The third-order valence-electron chi connectivity index (χ3n) is 6.91. The lowest BCUT2D eigenvalue weighted by Gasteiger charge is -2.20. The van der Waals surface area contributed by atoms with E-state index in [0.717, 1.165) is 0 Å². The highest BCUT2D eigenvalue weighted by Gasteiger charge is 2.15. The molecule has 2 nitrogen and oxygen atoms in total. The smallest absolute Gasteiger partial charge is 0.0346 e. The maximum atomic E-state index is 4.18. The highest BCUT2D eigenvalue weighted by molar-refractivity contribution is 6.14. The molecule has 0 radical (unpaired) electrons. The molecule has 6 aromatic rings. The minimum absolute atomic E-state index is 1.20. The van der Waals surface area contributed by atoms with Crippen LogP contribution in [0, 0.1) is 0 Å². The molecule has 2 heteroatoms. The minimum atomic E-state index is 1.20. The number of benzene rings is 4. The van der Waals surface area contributed by atoms with Crippen molar-refractivity contribution in [1.29, 1.82) is 0 Å². The van der Waals surface area contributed by atoms with E-state index in [1.807, 2.05) is 43.0 Å². The van der Waals surface area contributed by atoms with Gasteiger partial charge in [-0.1, -0.05) is 60.7 Å². The van der Waals surface area contributed by atoms with Gasteiger partial charge in [0.05, 0.1) is 0 Å². The van der Waals surface area contributed by atoms with Crippen molar-refractivity contribution < 1.29 is 0 Å². The van der Waals surface area contributed by atoms with Gasteiger partial charge in [-0.15, -0.1) is 0 Å². The maximum absolute atomic E-state index is 4.18. The Morgan fingerprint density at radius 2 is 1.24 bits per heavy atom. The zero-order chi connectivity index (χ0) is 22.7. The average Bonchev–Trinajstić information content (AvgIpc) is 2.93. The van der Waals surface area contributed by atoms with Gasteiger partial charge in [-0.05, 0) is 105 Å². The van der Waals surface area contributed by atoms with Crippen LogP contribution < -0.4 is 0 Å². The van der Waals surface area contributed by atoms with E-state index in [4.69, 9.17) is 0 Å². The van der Waals surface area contributed by atoms with Crippen molar-refractivity contribution in [1.82, 2.24) is 9.97 Å². The molecule has 2 heterocycles. The Labute approximate surface area is 199 Å². The lowest BCUT2D eigenvalue weighted by molar-refractivity contribution is 0.690. The van der Waals surface area contributed by atoms with E-state index in [1.54, 1.807) is 11.1 Å². The number of hydrogen-bond acceptors (Lipinski definition) is 2. The SMILES string of the molecule is c1ccc2c(c1)c(-c1ccncc1)cc1c3c(ccc12)CCCC3.c1ccc2cnccc2c1. The highest BCUT2D eigenvalue weighted by Crippen LogP contribution is 2.38. The van der Waals surface area contributed by atoms with Crippen LogP contribution in [0.25, 0.3) is 43.4 Å². The monoisotopic (exact) mass is 438 g/mol. The van der Waals surface area contributed by atoms with Gasteiger partial charge in [-0.3, -0.25) is 9.97 Å². The Hall–Kier alpha value is -4.04. The molecule has 0 atom stereocenters. The molecule has 0 spiro atoms. The molecular weight excluding hydrogens is 412 g/mol. The summed E-state index contributed by atoms with van der Waals surface area (Å²) in [5.74, 6) is 0. The first kappa shape index (κ1) is 20.6. The van der Waals surface area contributed by atoms with Crippen LogP contribution in [0.3, 0.4) is 0 Å². The van der Waals surface area contributed by atoms with Crippen LogP contribution in [0.1, 0.15) is 24.0 Å². The number of aromatic nitrogens is 2. The molecule has 0 bridgehead atoms. The van der Waals surface area contributed by atoms with Crippen molar-refractivity contribution in [2.75, 3.05) is 0 Å². The van der Waals surface area contributed by atoms with Gasteiger partial charge in [0.15, 0.2) is 0 Å². The van der Waals surface area contributed by atoms with Gasteiger partial charge in [0, 0.05) is 24.8 Å². The number of nitrogens with zero attached hydrogens (tertiary/aromatic N) is 2. The van der Waals surface area contributed by atoms with E-state index in [2.05, 4.69) is 76.7 Å². The summed E-state index contributed by atoms with van der Waals surface area (Å²) in [6.07, 6.45) is 12.5. The van der Waals surface area contributed by atoms with E-state index < -0.39 is 0 Å². The third-order valence-corrected chi connectivity index (χ3v) is 6.91. The van der Waals surface area contributed by atoms with Gasteiger partial charge in [0.25, 0.3) is 0 Å². The van der Waals surface area contributed by atoms with Crippen molar-refractivity contribution in [2.45, 2.75) is 25.7 Å². The van der Waals surface area contributed by atoms with Crippen LogP contribution in [-0.4, -0.2) is 9.97 Å². The first-order chi connectivity index (χ1) is 16.9. The second-order valence-corrected chi connectivity index (χ2v) is 8.93. The quantitative estimate of drug-likeness (QED) is 0.242. The molecule has 1 aliphatic carbocycles. The fourth-order valence-corrected chi connectivity index (χ4v) is 5.23. The number of rotatable bonds is 1. The minimum Gasteiger partial charge on any atom is -0.265 e. The highest BCUT2D eigenvalue weighted by atomic mass is 14.6. The molecule has 164 valence electrons.